The number of benzene rings is 2. The fourth-order valence-electron chi connectivity index (χ4n) is 5.56. The Bertz CT molecular complexity index is 1490. The summed E-state index contributed by atoms with van der Waals surface area (Å²) in [5.74, 6) is 0.504. The number of esters is 1. The van der Waals surface area contributed by atoms with Gasteiger partial charge in [-0.3, -0.25) is 4.90 Å². The number of piperidine rings is 1. The molecule has 0 amide bonds. The lowest BCUT2D eigenvalue weighted by Gasteiger charge is -2.27. The predicted octanol–water partition coefficient (Wildman–Crippen LogP) is 8.02. The molecule has 0 unspecified atom stereocenters. The molecule has 2 fully saturated rings. The van der Waals surface area contributed by atoms with E-state index in [9.17, 15) is 9.90 Å². The number of carbonyl (C=O) groups is 1. The van der Waals surface area contributed by atoms with Gasteiger partial charge >= 0.3 is 5.97 Å². The minimum absolute atomic E-state index is 0.221. The number of likely N-dealkylation sites (tertiary alicyclic amines) is 1. The number of fused-ring (bicyclic) bond motifs is 1. The molecule has 1 saturated carbocycles. The van der Waals surface area contributed by atoms with E-state index in [1.807, 2.05) is 31.2 Å². The molecule has 2 aromatic carbocycles. The number of halogens is 1. The maximum Gasteiger partial charge on any atom is 0.340 e. The summed E-state index contributed by atoms with van der Waals surface area (Å²) in [4.78, 5) is 20.9. The van der Waals surface area contributed by atoms with Crippen molar-refractivity contribution in [3.63, 3.8) is 0 Å². The lowest BCUT2D eigenvalue weighted by molar-refractivity contribution is 0.0527. The van der Waals surface area contributed by atoms with Crippen molar-refractivity contribution in [1.29, 1.82) is 0 Å². The Morgan fingerprint density at radius 2 is 1.97 bits per heavy atom. The zero-order chi connectivity index (χ0) is 26.9. The highest BCUT2D eigenvalue weighted by Gasteiger charge is 2.35. The van der Waals surface area contributed by atoms with Crippen LogP contribution in [0.15, 0.2) is 50.6 Å². The highest BCUT2D eigenvalue weighted by atomic mass is 79.9. The molecule has 0 bridgehead atoms. The summed E-state index contributed by atoms with van der Waals surface area (Å²) in [6, 6.07) is 12.5. The molecule has 4 aromatic rings. The molecule has 0 spiro atoms. The Balaban J connectivity index is 1.44. The van der Waals surface area contributed by atoms with Gasteiger partial charge in [-0.2, -0.15) is 0 Å². The number of aromatic nitrogens is 2. The molecule has 204 valence electrons. The first-order valence-electron chi connectivity index (χ1n) is 13.7. The first-order valence-corrected chi connectivity index (χ1v) is 16.3. The molecule has 39 heavy (non-hydrogen) atoms. The van der Waals surface area contributed by atoms with Gasteiger partial charge in [0.2, 0.25) is 0 Å². The van der Waals surface area contributed by atoms with Crippen molar-refractivity contribution < 1.29 is 14.6 Å². The van der Waals surface area contributed by atoms with Gasteiger partial charge in [0.25, 0.3) is 0 Å². The zero-order valence-electron chi connectivity index (χ0n) is 22.0. The molecule has 2 aliphatic rings. The zero-order valence-corrected chi connectivity index (χ0v) is 25.2. The average molecular weight is 627 g/mol. The number of phenols is 1. The summed E-state index contributed by atoms with van der Waals surface area (Å²) in [6.07, 6.45) is 5.73. The second-order valence-electron chi connectivity index (χ2n) is 10.2. The van der Waals surface area contributed by atoms with Gasteiger partial charge in [-0.25, -0.2) is 9.78 Å². The number of nitrogens with zero attached hydrogens (tertiary/aromatic N) is 3. The highest BCUT2D eigenvalue weighted by molar-refractivity contribution is 9.10. The Morgan fingerprint density at radius 3 is 2.69 bits per heavy atom. The van der Waals surface area contributed by atoms with Gasteiger partial charge in [-0.05, 0) is 67.7 Å². The van der Waals surface area contributed by atoms with E-state index in [2.05, 4.69) is 42.9 Å². The van der Waals surface area contributed by atoms with Gasteiger partial charge in [0.15, 0.2) is 4.34 Å². The van der Waals surface area contributed by atoms with Gasteiger partial charge < -0.3 is 14.4 Å². The standard InChI is InChI=1S/C30H32BrN3O3S2/c1-2-37-29(36)27-25(18-39-30-32-23(17-38-30)19-9-5-3-6-10-19)34(20-11-12-20)24-15-22(31)28(35)21(26(24)27)16-33-13-7-4-8-14-33/h3,5-6,9-10,15,17,20,35H,2,4,7-8,11-14,16,18H2,1H3. The summed E-state index contributed by atoms with van der Waals surface area (Å²) in [5.41, 5.74) is 5.44. The monoisotopic (exact) mass is 625 g/mol. The first-order chi connectivity index (χ1) is 19.0. The molecular formula is C30H32BrN3O3S2. The van der Waals surface area contributed by atoms with E-state index < -0.39 is 0 Å². The van der Waals surface area contributed by atoms with E-state index in [0.29, 0.717) is 35.0 Å². The number of rotatable bonds is 9. The van der Waals surface area contributed by atoms with Crippen LogP contribution in [0.3, 0.4) is 0 Å². The minimum atomic E-state index is -0.316. The molecule has 0 radical (unpaired) electrons. The number of thiazole rings is 1. The quantitative estimate of drug-likeness (QED) is 0.150. The molecule has 1 aliphatic heterocycles. The second kappa shape index (κ2) is 11.6. The molecule has 9 heteroatoms. The molecule has 1 N–H and O–H groups in total. The van der Waals surface area contributed by atoms with Crippen LogP contribution in [0, 0.1) is 0 Å². The topological polar surface area (TPSA) is 67.6 Å². The third-order valence-electron chi connectivity index (χ3n) is 7.53. The largest absolute Gasteiger partial charge is 0.506 e. The molecular weight excluding hydrogens is 594 g/mol. The van der Waals surface area contributed by atoms with Gasteiger partial charge in [0.05, 0.1) is 27.9 Å². The Kier molecular flexibility index (Phi) is 8.03. The van der Waals surface area contributed by atoms with Crippen LogP contribution in [-0.4, -0.2) is 45.2 Å². The Hall–Kier alpha value is -2.33. The highest BCUT2D eigenvalue weighted by Crippen LogP contribution is 2.47. The van der Waals surface area contributed by atoms with Gasteiger partial charge in [-0.15, -0.1) is 11.3 Å². The maximum atomic E-state index is 13.6. The van der Waals surface area contributed by atoms with Crippen LogP contribution in [0.5, 0.6) is 5.75 Å². The number of thioether (sulfide) groups is 1. The Labute approximate surface area is 245 Å². The summed E-state index contributed by atoms with van der Waals surface area (Å²) in [5, 5.41) is 14.2. The number of hydrogen-bond donors (Lipinski definition) is 1. The number of aromatic hydroxyl groups is 1. The van der Waals surface area contributed by atoms with E-state index in [0.717, 1.165) is 76.5 Å². The second-order valence-corrected chi connectivity index (χ2v) is 13.1. The van der Waals surface area contributed by atoms with Crippen molar-refractivity contribution in [1.82, 2.24) is 14.5 Å². The van der Waals surface area contributed by atoms with E-state index in [4.69, 9.17) is 9.72 Å². The lowest BCUT2D eigenvalue weighted by atomic mass is 10.0. The van der Waals surface area contributed by atoms with Crippen LogP contribution >= 0.6 is 39.0 Å². The van der Waals surface area contributed by atoms with Crippen molar-refractivity contribution in [3.05, 3.63) is 63.1 Å². The smallest absolute Gasteiger partial charge is 0.340 e. The molecule has 2 aromatic heterocycles. The summed E-state index contributed by atoms with van der Waals surface area (Å²) < 4.78 is 9.61. The minimum Gasteiger partial charge on any atom is -0.506 e. The van der Waals surface area contributed by atoms with Crippen LogP contribution in [0.2, 0.25) is 0 Å². The van der Waals surface area contributed by atoms with Crippen molar-refractivity contribution in [2.24, 2.45) is 0 Å². The predicted molar refractivity (Wildman–Crippen MR) is 162 cm³/mol. The van der Waals surface area contributed by atoms with E-state index in [1.54, 1.807) is 23.1 Å². The fraction of sp³-hybridized carbons (Fsp3) is 0.400. The maximum absolute atomic E-state index is 13.6. The van der Waals surface area contributed by atoms with E-state index in [-0.39, 0.29) is 11.7 Å². The number of phenolic OH excluding ortho intramolecular Hbond substituents is 1. The van der Waals surface area contributed by atoms with Crippen molar-refractivity contribution in [2.75, 3.05) is 19.7 Å². The summed E-state index contributed by atoms with van der Waals surface area (Å²) >= 11 is 6.91. The molecule has 1 saturated heterocycles. The molecule has 6 nitrogen and oxygen atoms in total. The average Bonchev–Trinajstić information content (AvgIpc) is 3.58. The SMILES string of the molecule is CCOC(=O)c1c(CSc2nc(-c3ccccc3)cs2)n(C2CC2)c2cc(Br)c(O)c(CN3CCCCC3)c12. The van der Waals surface area contributed by atoms with E-state index >= 15 is 0 Å². The van der Waals surface area contributed by atoms with Crippen molar-refractivity contribution in [2.45, 2.75) is 61.7 Å². The molecule has 0 atom stereocenters. The van der Waals surface area contributed by atoms with Crippen LogP contribution in [0.4, 0.5) is 0 Å². The van der Waals surface area contributed by atoms with Gasteiger partial charge in [0, 0.05) is 45.9 Å². The number of hydrogen-bond acceptors (Lipinski definition) is 7. The van der Waals surface area contributed by atoms with Crippen LogP contribution in [0.1, 0.15) is 66.7 Å². The van der Waals surface area contributed by atoms with Gasteiger partial charge in [0.1, 0.15) is 5.75 Å². The first kappa shape index (κ1) is 26.9. The third-order valence-corrected chi connectivity index (χ3v) is 10.2. The third kappa shape index (κ3) is 5.51. The molecule has 1 aliphatic carbocycles. The fourth-order valence-corrected chi connectivity index (χ4v) is 7.87. The lowest BCUT2D eigenvalue weighted by Crippen LogP contribution is -2.29. The molecule has 6 rings (SSSR count). The molecule has 3 heterocycles. The summed E-state index contributed by atoms with van der Waals surface area (Å²) in [6.45, 7) is 4.76. The van der Waals surface area contributed by atoms with Crippen LogP contribution in [0.25, 0.3) is 22.2 Å². The van der Waals surface area contributed by atoms with Crippen LogP contribution in [-0.2, 0) is 17.0 Å². The number of carbonyl (C=O) groups excluding carboxylic acids is 1. The van der Waals surface area contributed by atoms with Gasteiger partial charge in [-0.1, -0.05) is 48.5 Å². The Morgan fingerprint density at radius 1 is 1.21 bits per heavy atom. The number of ether oxygens (including phenoxy) is 1. The van der Waals surface area contributed by atoms with Crippen LogP contribution < -0.4 is 0 Å². The van der Waals surface area contributed by atoms with Crippen molar-refractivity contribution in [3.8, 4) is 17.0 Å². The van der Waals surface area contributed by atoms with E-state index in [1.165, 1.54) is 6.42 Å². The van der Waals surface area contributed by atoms with Crippen molar-refractivity contribution >= 4 is 55.9 Å². The normalized spacial score (nSPS) is 16.2. The summed E-state index contributed by atoms with van der Waals surface area (Å²) in [7, 11) is 0.